The Labute approximate surface area is 210 Å². The standard InChI is InChI=1S/C26H23FN6O4/c1-13-11-19(28)18(23(31-13)25(35)32-20-6-4-5-17(22(20)27)24(29)34)12-30-16-9-7-15(8-10-16)21-14(2)37-33(3)26(21)36/h4-12H,1-3H3,(H2,28,31)(H2,29,34)(H,32,35). The number of carbonyl (C=O) groups excluding carboxylic acids is 2. The molecule has 188 valence electrons. The Kier molecular flexibility index (Phi) is 6.70. The van der Waals surface area contributed by atoms with E-state index in [1.54, 1.807) is 44.2 Å². The second-order valence-corrected chi connectivity index (χ2v) is 8.23. The molecule has 2 amide bonds. The molecule has 0 saturated carbocycles. The Hall–Kier alpha value is -5.06. The molecule has 0 aliphatic carbocycles. The first-order valence-corrected chi connectivity index (χ1v) is 11.0. The summed E-state index contributed by atoms with van der Waals surface area (Å²) in [6.45, 7) is 3.36. The lowest BCUT2D eigenvalue weighted by atomic mass is 10.1. The molecule has 0 bridgehead atoms. The molecule has 2 aromatic heterocycles. The quantitative estimate of drug-likeness (QED) is 0.342. The van der Waals surface area contributed by atoms with Crippen molar-refractivity contribution in [3.63, 3.8) is 0 Å². The van der Waals surface area contributed by atoms with E-state index in [0.29, 0.717) is 28.3 Å². The molecule has 0 aliphatic rings. The minimum atomic E-state index is -0.964. The van der Waals surface area contributed by atoms with Crippen molar-refractivity contribution in [2.75, 3.05) is 11.1 Å². The van der Waals surface area contributed by atoms with Crippen LogP contribution in [0.5, 0.6) is 0 Å². The smallest absolute Gasteiger partial charge is 0.290 e. The molecule has 0 fully saturated rings. The third kappa shape index (κ3) is 5.01. The molecule has 11 heteroatoms. The van der Waals surface area contributed by atoms with E-state index in [2.05, 4.69) is 15.3 Å². The van der Waals surface area contributed by atoms with Crippen LogP contribution in [0.2, 0.25) is 0 Å². The lowest BCUT2D eigenvalue weighted by Gasteiger charge is -2.11. The summed E-state index contributed by atoms with van der Waals surface area (Å²) in [6.07, 6.45) is 1.38. The van der Waals surface area contributed by atoms with Crippen molar-refractivity contribution in [2.24, 2.45) is 17.8 Å². The summed E-state index contributed by atoms with van der Waals surface area (Å²) >= 11 is 0. The Balaban J connectivity index is 1.64. The number of aliphatic imine (C=N–C) groups is 1. The fourth-order valence-electron chi connectivity index (χ4n) is 3.80. The van der Waals surface area contributed by atoms with Crippen LogP contribution in [0.3, 0.4) is 0 Å². The number of nitrogens with two attached hydrogens (primary N) is 2. The minimum absolute atomic E-state index is 0.0840. The van der Waals surface area contributed by atoms with Crippen LogP contribution in [0.1, 0.15) is 37.9 Å². The molecule has 0 radical (unpaired) electrons. The molecule has 0 aliphatic heterocycles. The zero-order valence-electron chi connectivity index (χ0n) is 20.2. The number of hydrogen-bond acceptors (Lipinski definition) is 7. The molecule has 2 heterocycles. The number of primary amides is 1. The number of aryl methyl sites for hydroxylation is 3. The number of nitrogen functional groups attached to an aromatic ring is 1. The van der Waals surface area contributed by atoms with Gasteiger partial charge >= 0.3 is 0 Å². The summed E-state index contributed by atoms with van der Waals surface area (Å²) in [6, 6.07) is 12.3. The van der Waals surface area contributed by atoms with Crippen LogP contribution in [-0.4, -0.2) is 27.8 Å². The number of nitrogens with one attached hydrogen (secondary N) is 1. The van der Waals surface area contributed by atoms with Gasteiger partial charge in [0.15, 0.2) is 5.82 Å². The zero-order chi connectivity index (χ0) is 26.9. The van der Waals surface area contributed by atoms with E-state index in [0.717, 1.165) is 4.74 Å². The maximum Gasteiger partial charge on any atom is 0.290 e. The van der Waals surface area contributed by atoms with E-state index < -0.39 is 17.6 Å². The highest BCUT2D eigenvalue weighted by atomic mass is 19.1. The highest BCUT2D eigenvalue weighted by Crippen LogP contribution is 2.25. The summed E-state index contributed by atoms with van der Waals surface area (Å²) in [5, 5.41) is 2.41. The number of pyridine rings is 1. The Bertz CT molecular complexity index is 1620. The van der Waals surface area contributed by atoms with E-state index in [4.69, 9.17) is 16.0 Å². The molecular formula is C26H23FN6O4. The van der Waals surface area contributed by atoms with Crippen LogP contribution in [0.15, 0.2) is 62.8 Å². The molecule has 0 unspecified atom stereocenters. The first-order valence-electron chi connectivity index (χ1n) is 11.0. The van der Waals surface area contributed by atoms with Gasteiger partial charge in [0.25, 0.3) is 17.4 Å². The first-order chi connectivity index (χ1) is 17.6. The van der Waals surface area contributed by atoms with Gasteiger partial charge in [-0.1, -0.05) is 18.2 Å². The monoisotopic (exact) mass is 502 g/mol. The molecule has 5 N–H and O–H groups in total. The topological polar surface area (TPSA) is 159 Å². The molecule has 10 nitrogen and oxygen atoms in total. The van der Waals surface area contributed by atoms with Crippen molar-refractivity contribution < 1.29 is 18.5 Å². The van der Waals surface area contributed by atoms with Crippen LogP contribution >= 0.6 is 0 Å². The normalized spacial score (nSPS) is 11.1. The predicted molar refractivity (Wildman–Crippen MR) is 138 cm³/mol. The maximum absolute atomic E-state index is 14.6. The average molecular weight is 503 g/mol. The molecule has 4 rings (SSSR count). The third-order valence-corrected chi connectivity index (χ3v) is 5.57. The van der Waals surface area contributed by atoms with Gasteiger partial charge in [-0.3, -0.25) is 19.4 Å². The zero-order valence-corrected chi connectivity index (χ0v) is 20.2. The van der Waals surface area contributed by atoms with Crippen molar-refractivity contribution in [2.45, 2.75) is 13.8 Å². The number of carbonyl (C=O) groups is 2. The number of amides is 2. The minimum Gasteiger partial charge on any atom is -0.398 e. The van der Waals surface area contributed by atoms with Crippen molar-refractivity contribution in [3.8, 4) is 11.1 Å². The summed E-state index contributed by atoms with van der Waals surface area (Å²) in [5.41, 5.74) is 13.0. The van der Waals surface area contributed by atoms with Crippen molar-refractivity contribution in [3.05, 3.63) is 93.0 Å². The number of hydrogen-bond donors (Lipinski definition) is 3. The molecular weight excluding hydrogens is 479 g/mol. The molecule has 0 saturated heterocycles. The molecule has 4 aromatic rings. The second kappa shape index (κ2) is 9.90. The van der Waals surface area contributed by atoms with Gasteiger partial charge in [-0.05, 0) is 49.7 Å². The Morgan fingerprint density at radius 3 is 2.49 bits per heavy atom. The number of nitrogens with zero attached hydrogens (tertiary/aromatic N) is 3. The fourth-order valence-corrected chi connectivity index (χ4v) is 3.80. The van der Waals surface area contributed by atoms with Gasteiger partial charge in [-0.2, -0.15) is 4.74 Å². The summed E-state index contributed by atoms with van der Waals surface area (Å²) in [4.78, 5) is 45.4. The largest absolute Gasteiger partial charge is 0.398 e. The predicted octanol–water partition coefficient (Wildman–Crippen LogP) is 3.48. The maximum atomic E-state index is 14.6. The van der Waals surface area contributed by atoms with Gasteiger partial charge in [0.1, 0.15) is 11.5 Å². The van der Waals surface area contributed by atoms with E-state index in [-0.39, 0.29) is 33.8 Å². The summed E-state index contributed by atoms with van der Waals surface area (Å²) in [7, 11) is 1.54. The second-order valence-electron chi connectivity index (χ2n) is 8.23. The number of benzene rings is 2. The number of rotatable bonds is 6. The van der Waals surface area contributed by atoms with E-state index in [1.807, 2.05) is 0 Å². The van der Waals surface area contributed by atoms with E-state index >= 15 is 0 Å². The van der Waals surface area contributed by atoms with Crippen molar-refractivity contribution in [1.29, 1.82) is 0 Å². The van der Waals surface area contributed by atoms with Gasteiger partial charge < -0.3 is 21.3 Å². The molecule has 2 aromatic carbocycles. The molecule has 0 atom stereocenters. The lowest BCUT2D eigenvalue weighted by molar-refractivity contribution is 0.0991. The van der Waals surface area contributed by atoms with E-state index in [1.165, 1.54) is 31.5 Å². The highest BCUT2D eigenvalue weighted by Gasteiger charge is 2.20. The summed E-state index contributed by atoms with van der Waals surface area (Å²) < 4.78 is 21.1. The Morgan fingerprint density at radius 2 is 1.86 bits per heavy atom. The van der Waals surface area contributed by atoms with Gasteiger partial charge in [-0.25, -0.2) is 9.37 Å². The van der Waals surface area contributed by atoms with Gasteiger partial charge in [0, 0.05) is 30.2 Å². The number of aromatic nitrogens is 2. The Morgan fingerprint density at radius 1 is 1.16 bits per heavy atom. The highest BCUT2D eigenvalue weighted by molar-refractivity contribution is 6.10. The molecule has 0 spiro atoms. The number of halogens is 1. The van der Waals surface area contributed by atoms with Crippen molar-refractivity contribution in [1.82, 2.24) is 9.72 Å². The third-order valence-electron chi connectivity index (χ3n) is 5.57. The van der Waals surface area contributed by atoms with Crippen LogP contribution in [0.25, 0.3) is 11.1 Å². The van der Waals surface area contributed by atoms with E-state index in [9.17, 15) is 18.8 Å². The van der Waals surface area contributed by atoms with Gasteiger partial charge in [0.2, 0.25) is 0 Å². The number of anilines is 2. The lowest BCUT2D eigenvalue weighted by Crippen LogP contribution is -2.20. The van der Waals surface area contributed by atoms with Crippen LogP contribution in [-0.2, 0) is 7.05 Å². The van der Waals surface area contributed by atoms with Crippen LogP contribution in [0.4, 0.5) is 21.5 Å². The summed E-state index contributed by atoms with van der Waals surface area (Å²) in [5.74, 6) is -2.18. The van der Waals surface area contributed by atoms with Crippen LogP contribution in [0, 0.1) is 19.7 Å². The average Bonchev–Trinajstić information content (AvgIpc) is 3.10. The van der Waals surface area contributed by atoms with Crippen LogP contribution < -0.4 is 22.3 Å². The fraction of sp³-hybridized carbons (Fsp3) is 0.115. The van der Waals surface area contributed by atoms with Crippen molar-refractivity contribution >= 4 is 35.1 Å². The molecule has 37 heavy (non-hydrogen) atoms. The SMILES string of the molecule is Cc1cc(N)c(C=Nc2ccc(-c3c(C)on(C)c3=O)cc2)c(C(=O)Nc2cccc(C(N)=O)c2F)n1. The van der Waals surface area contributed by atoms with Gasteiger partial charge in [0.05, 0.1) is 22.5 Å². The first kappa shape index (κ1) is 25.0. The van der Waals surface area contributed by atoms with Gasteiger partial charge in [-0.15, -0.1) is 0 Å².